The van der Waals surface area contributed by atoms with E-state index < -0.39 is 7.12 Å². The van der Waals surface area contributed by atoms with Crippen molar-refractivity contribution < 1.29 is 9.31 Å². The SMILES string of the molecule is CC1(C)OB(C2=C[N]N=C2c2ccccc2)OC1(C)C. The first-order valence-corrected chi connectivity index (χ1v) is 6.80. The van der Waals surface area contributed by atoms with Gasteiger partial charge in [0.25, 0.3) is 0 Å². The van der Waals surface area contributed by atoms with E-state index in [1.807, 2.05) is 58.0 Å². The molecule has 103 valence electrons. The lowest BCUT2D eigenvalue weighted by molar-refractivity contribution is 0.00578. The van der Waals surface area contributed by atoms with Crippen molar-refractivity contribution in [2.75, 3.05) is 0 Å². The summed E-state index contributed by atoms with van der Waals surface area (Å²) < 4.78 is 12.1. The van der Waals surface area contributed by atoms with Crippen LogP contribution in [0.2, 0.25) is 0 Å². The summed E-state index contributed by atoms with van der Waals surface area (Å²) in [7, 11) is -0.426. The Bertz CT molecular complexity index is 563. The highest BCUT2D eigenvalue weighted by atomic mass is 16.7. The lowest BCUT2D eigenvalue weighted by Crippen LogP contribution is -2.41. The molecule has 0 atom stereocenters. The molecule has 2 aliphatic heterocycles. The van der Waals surface area contributed by atoms with Gasteiger partial charge in [0.2, 0.25) is 0 Å². The van der Waals surface area contributed by atoms with Gasteiger partial charge in [0.05, 0.1) is 23.1 Å². The maximum Gasteiger partial charge on any atom is 0.498 e. The van der Waals surface area contributed by atoms with Crippen LogP contribution in [-0.4, -0.2) is 24.0 Å². The monoisotopic (exact) mass is 269 g/mol. The Morgan fingerprint density at radius 2 is 1.55 bits per heavy atom. The number of rotatable bonds is 2. The maximum absolute atomic E-state index is 6.07. The van der Waals surface area contributed by atoms with Crippen molar-refractivity contribution >= 4 is 12.8 Å². The van der Waals surface area contributed by atoms with E-state index in [0.717, 1.165) is 16.7 Å². The molecule has 0 bridgehead atoms. The standard InChI is InChI=1S/C15H18BN2O2/c1-14(2)15(3,4)20-16(19-14)12-10-17-18-13(12)11-8-6-5-7-9-11/h5-10H,1-4H3. The smallest absolute Gasteiger partial charge is 0.399 e. The summed E-state index contributed by atoms with van der Waals surface area (Å²) in [6, 6.07) is 9.97. The van der Waals surface area contributed by atoms with Crippen LogP contribution in [0.5, 0.6) is 0 Å². The van der Waals surface area contributed by atoms with Crippen LogP contribution in [0, 0.1) is 0 Å². The molecule has 4 nitrogen and oxygen atoms in total. The Hall–Kier alpha value is -1.59. The average Bonchev–Trinajstić information content (AvgIpc) is 2.94. The fraction of sp³-hybridized carbons (Fsp3) is 0.400. The number of hydrogen-bond acceptors (Lipinski definition) is 3. The van der Waals surface area contributed by atoms with Crippen LogP contribution in [0.1, 0.15) is 33.3 Å². The highest BCUT2D eigenvalue weighted by molar-refractivity contribution is 6.64. The summed E-state index contributed by atoms with van der Waals surface area (Å²) in [6.45, 7) is 8.16. The fourth-order valence-corrected chi connectivity index (χ4v) is 2.23. The van der Waals surface area contributed by atoms with Crippen LogP contribution in [0.25, 0.3) is 0 Å². The summed E-state index contributed by atoms with van der Waals surface area (Å²) in [5.74, 6) is 0. The number of allylic oxidation sites excluding steroid dienone is 1. The lowest BCUT2D eigenvalue weighted by Gasteiger charge is -2.32. The Balaban J connectivity index is 1.88. The van der Waals surface area contributed by atoms with Crippen LogP contribution in [0.15, 0.2) is 47.1 Å². The van der Waals surface area contributed by atoms with E-state index in [1.54, 1.807) is 6.20 Å². The first-order chi connectivity index (χ1) is 9.41. The van der Waals surface area contributed by atoms with Crippen molar-refractivity contribution in [2.45, 2.75) is 38.9 Å². The van der Waals surface area contributed by atoms with Gasteiger partial charge in [-0.2, -0.15) is 10.5 Å². The molecule has 0 amide bonds. The zero-order chi connectivity index (χ0) is 14.4. The Kier molecular flexibility index (Phi) is 2.99. The van der Waals surface area contributed by atoms with Crippen LogP contribution in [0.3, 0.4) is 0 Å². The fourth-order valence-electron chi connectivity index (χ4n) is 2.23. The largest absolute Gasteiger partial charge is 0.498 e. The van der Waals surface area contributed by atoms with Gasteiger partial charge in [-0.1, -0.05) is 30.3 Å². The van der Waals surface area contributed by atoms with Gasteiger partial charge in [0.1, 0.15) is 0 Å². The van der Waals surface area contributed by atoms with Crippen molar-refractivity contribution in [2.24, 2.45) is 5.10 Å². The van der Waals surface area contributed by atoms with E-state index in [2.05, 4.69) is 10.5 Å². The van der Waals surface area contributed by atoms with Crippen molar-refractivity contribution in [3.8, 4) is 0 Å². The van der Waals surface area contributed by atoms with E-state index in [0.29, 0.717) is 0 Å². The van der Waals surface area contributed by atoms with Crippen molar-refractivity contribution in [1.82, 2.24) is 5.43 Å². The van der Waals surface area contributed by atoms with Gasteiger partial charge in [0.15, 0.2) is 0 Å². The van der Waals surface area contributed by atoms with Gasteiger partial charge >= 0.3 is 7.12 Å². The topological polar surface area (TPSA) is 44.9 Å². The minimum atomic E-state index is -0.426. The van der Waals surface area contributed by atoms with E-state index in [4.69, 9.17) is 9.31 Å². The second-order valence-electron chi connectivity index (χ2n) is 6.10. The summed E-state index contributed by atoms with van der Waals surface area (Å²) in [6.07, 6.45) is 1.73. The highest BCUT2D eigenvalue weighted by Crippen LogP contribution is 2.39. The molecular formula is C15H18BN2O2. The Labute approximate surface area is 120 Å². The molecule has 0 aromatic heterocycles. The molecule has 0 unspecified atom stereocenters. The lowest BCUT2D eigenvalue weighted by atomic mass is 9.74. The van der Waals surface area contributed by atoms with Gasteiger partial charge in [-0.15, -0.1) is 0 Å². The molecule has 0 aliphatic carbocycles. The molecule has 5 heteroatoms. The molecule has 2 aliphatic rings. The van der Waals surface area contributed by atoms with E-state index in [-0.39, 0.29) is 11.2 Å². The van der Waals surface area contributed by atoms with Gasteiger partial charge < -0.3 is 9.31 Å². The van der Waals surface area contributed by atoms with Crippen LogP contribution in [-0.2, 0) is 9.31 Å². The third kappa shape index (κ3) is 2.07. The molecule has 0 saturated carbocycles. The molecule has 1 saturated heterocycles. The van der Waals surface area contributed by atoms with Gasteiger partial charge in [-0.05, 0) is 27.7 Å². The predicted octanol–water partition coefficient (Wildman–Crippen LogP) is 2.52. The Morgan fingerprint density at radius 1 is 0.950 bits per heavy atom. The predicted molar refractivity (Wildman–Crippen MR) is 79.3 cm³/mol. The normalized spacial score (nSPS) is 23.3. The molecule has 20 heavy (non-hydrogen) atoms. The zero-order valence-corrected chi connectivity index (χ0v) is 12.3. The molecule has 2 heterocycles. The molecule has 0 spiro atoms. The second-order valence-corrected chi connectivity index (χ2v) is 6.10. The summed E-state index contributed by atoms with van der Waals surface area (Å²) >= 11 is 0. The van der Waals surface area contributed by atoms with E-state index in [1.165, 1.54) is 0 Å². The molecule has 1 aromatic rings. The van der Waals surface area contributed by atoms with Crippen molar-refractivity contribution in [3.63, 3.8) is 0 Å². The average molecular weight is 269 g/mol. The highest BCUT2D eigenvalue weighted by Gasteiger charge is 2.53. The van der Waals surface area contributed by atoms with Gasteiger partial charge in [-0.25, -0.2) is 0 Å². The maximum atomic E-state index is 6.07. The summed E-state index contributed by atoms with van der Waals surface area (Å²) in [5.41, 5.74) is 6.04. The van der Waals surface area contributed by atoms with E-state index in [9.17, 15) is 0 Å². The molecule has 1 aromatic carbocycles. The minimum Gasteiger partial charge on any atom is -0.399 e. The van der Waals surface area contributed by atoms with E-state index >= 15 is 0 Å². The van der Waals surface area contributed by atoms with Crippen LogP contribution in [0.4, 0.5) is 0 Å². The van der Waals surface area contributed by atoms with Crippen molar-refractivity contribution in [3.05, 3.63) is 47.6 Å². The number of benzene rings is 1. The molecule has 3 rings (SSSR count). The number of nitrogens with zero attached hydrogens (tertiary/aromatic N) is 2. The zero-order valence-electron chi connectivity index (χ0n) is 12.3. The van der Waals surface area contributed by atoms with Gasteiger partial charge in [0, 0.05) is 11.0 Å². The molecular weight excluding hydrogens is 251 g/mol. The van der Waals surface area contributed by atoms with Crippen molar-refractivity contribution in [1.29, 1.82) is 0 Å². The molecule has 0 N–H and O–H groups in total. The first kappa shape index (κ1) is 13.4. The summed E-state index contributed by atoms with van der Waals surface area (Å²) in [5, 5.41) is 4.22. The Morgan fingerprint density at radius 3 is 2.15 bits per heavy atom. The van der Waals surface area contributed by atoms with Gasteiger partial charge in [-0.3, -0.25) is 0 Å². The first-order valence-electron chi connectivity index (χ1n) is 6.80. The number of hydrogen-bond donors (Lipinski definition) is 0. The quantitative estimate of drug-likeness (QED) is 0.774. The minimum absolute atomic E-state index is 0.358. The van der Waals surface area contributed by atoms with Crippen LogP contribution >= 0.6 is 0 Å². The molecule has 1 fully saturated rings. The third-order valence-electron chi connectivity index (χ3n) is 4.18. The molecule has 1 radical (unpaired) electrons. The summed E-state index contributed by atoms with van der Waals surface area (Å²) in [4.78, 5) is 0. The third-order valence-corrected chi connectivity index (χ3v) is 4.18. The second kappa shape index (κ2) is 4.47. The van der Waals surface area contributed by atoms with Crippen LogP contribution < -0.4 is 5.43 Å².